The lowest BCUT2D eigenvalue weighted by atomic mass is 10.1. The second-order valence-corrected chi connectivity index (χ2v) is 6.60. The summed E-state index contributed by atoms with van der Waals surface area (Å²) in [7, 11) is -3.87. The minimum atomic E-state index is -3.87. The number of nitrogens with one attached hydrogen (secondary N) is 1. The van der Waals surface area contributed by atoms with Crippen LogP contribution in [-0.4, -0.2) is 18.9 Å². The Bertz CT molecular complexity index is 583. The third kappa shape index (κ3) is 3.24. The standard InChI is InChI=1S/C11H15FN2O2S2/c1-7-4-5-8(12)6-9(7)18(15,16)14-11(2,3)10(13)17/h4-6,14H,1-3H3,(H2,13,17). The Hall–Kier alpha value is -1.05. The minimum absolute atomic E-state index is 0.0140. The van der Waals surface area contributed by atoms with Gasteiger partial charge in [-0.25, -0.2) is 12.8 Å². The number of thiocarbonyl (C=S) groups is 1. The predicted molar refractivity (Wildman–Crippen MR) is 72.3 cm³/mol. The molecule has 0 atom stereocenters. The van der Waals surface area contributed by atoms with E-state index in [1.165, 1.54) is 12.1 Å². The first-order valence-corrected chi connectivity index (χ1v) is 7.05. The van der Waals surface area contributed by atoms with Gasteiger partial charge in [0.05, 0.1) is 15.4 Å². The Morgan fingerprint density at radius 3 is 2.50 bits per heavy atom. The monoisotopic (exact) mass is 290 g/mol. The second kappa shape index (κ2) is 4.91. The Morgan fingerprint density at radius 1 is 1.44 bits per heavy atom. The van der Waals surface area contributed by atoms with Crippen LogP contribution in [0.1, 0.15) is 19.4 Å². The molecule has 0 unspecified atom stereocenters. The van der Waals surface area contributed by atoms with Crippen LogP contribution in [0.3, 0.4) is 0 Å². The fourth-order valence-electron chi connectivity index (χ4n) is 1.30. The van der Waals surface area contributed by atoms with E-state index in [2.05, 4.69) is 4.72 Å². The Kier molecular flexibility index (Phi) is 4.09. The third-order valence-corrected chi connectivity index (χ3v) is 4.75. The van der Waals surface area contributed by atoms with Gasteiger partial charge in [-0.2, -0.15) is 4.72 Å². The van der Waals surface area contributed by atoms with E-state index in [-0.39, 0.29) is 9.88 Å². The minimum Gasteiger partial charge on any atom is -0.392 e. The summed E-state index contributed by atoms with van der Waals surface area (Å²) in [6, 6.07) is 3.57. The molecule has 0 heterocycles. The molecule has 1 rings (SSSR count). The van der Waals surface area contributed by atoms with Crippen molar-refractivity contribution < 1.29 is 12.8 Å². The molecular weight excluding hydrogens is 275 g/mol. The van der Waals surface area contributed by atoms with Crippen LogP contribution in [0.2, 0.25) is 0 Å². The Labute approximate surface area is 111 Å². The molecule has 0 saturated carbocycles. The van der Waals surface area contributed by atoms with Crippen molar-refractivity contribution in [1.29, 1.82) is 0 Å². The lowest BCUT2D eigenvalue weighted by Gasteiger charge is -2.24. The second-order valence-electron chi connectivity index (χ2n) is 4.50. The summed E-state index contributed by atoms with van der Waals surface area (Å²) in [6.07, 6.45) is 0. The molecule has 0 bridgehead atoms. The number of hydrogen-bond donors (Lipinski definition) is 2. The summed E-state index contributed by atoms with van der Waals surface area (Å²) in [5.74, 6) is -0.617. The molecule has 18 heavy (non-hydrogen) atoms. The molecule has 0 saturated heterocycles. The lowest BCUT2D eigenvalue weighted by molar-refractivity contribution is 0.543. The van der Waals surface area contributed by atoms with Gasteiger partial charge >= 0.3 is 0 Å². The van der Waals surface area contributed by atoms with Crippen LogP contribution in [-0.2, 0) is 10.0 Å². The van der Waals surface area contributed by atoms with Crippen LogP contribution < -0.4 is 10.5 Å². The maximum atomic E-state index is 13.1. The smallest absolute Gasteiger partial charge is 0.241 e. The third-order valence-electron chi connectivity index (χ3n) is 2.45. The molecule has 4 nitrogen and oxygen atoms in total. The predicted octanol–water partition coefficient (Wildman–Crippen LogP) is 1.48. The molecule has 0 fully saturated rings. The van der Waals surface area contributed by atoms with Crippen molar-refractivity contribution in [1.82, 2.24) is 4.72 Å². The average molecular weight is 290 g/mol. The maximum absolute atomic E-state index is 13.1. The van der Waals surface area contributed by atoms with E-state index in [0.29, 0.717) is 5.56 Å². The van der Waals surface area contributed by atoms with Crippen molar-refractivity contribution >= 4 is 27.2 Å². The first kappa shape index (κ1) is 15.0. The van der Waals surface area contributed by atoms with Crippen LogP contribution in [0.4, 0.5) is 4.39 Å². The highest BCUT2D eigenvalue weighted by Gasteiger charge is 2.29. The van der Waals surface area contributed by atoms with E-state index in [1.54, 1.807) is 20.8 Å². The number of benzene rings is 1. The topological polar surface area (TPSA) is 72.2 Å². The van der Waals surface area contributed by atoms with Crippen molar-refractivity contribution in [3.8, 4) is 0 Å². The van der Waals surface area contributed by atoms with Gasteiger partial charge in [-0.05, 0) is 38.5 Å². The molecule has 0 aliphatic carbocycles. The van der Waals surface area contributed by atoms with E-state index in [4.69, 9.17) is 18.0 Å². The van der Waals surface area contributed by atoms with E-state index >= 15 is 0 Å². The van der Waals surface area contributed by atoms with E-state index in [1.807, 2.05) is 0 Å². The van der Waals surface area contributed by atoms with Crippen molar-refractivity contribution in [2.45, 2.75) is 31.2 Å². The number of sulfonamides is 1. The van der Waals surface area contributed by atoms with Gasteiger partial charge in [0.2, 0.25) is 10.0 Å². The lowest BCUT2D eigenvalue weighted by Crippen LogP contribution is -2.52. The number of rotatable bonds is 4. The molecule has 0 aliphatic heterocycles. The molecule has 1 aromatic rings. The quantitative estimate of drug-likeness (QED) is 0.824. The van der Waals surface area contributed by atoms with Crippen molar-refractivity contribution in [3.05, 3.63) is 29.6 Å². The zero-order valence-electron chi connectivity index (χ0n) is 10.3. The molecule has 0 spiro atoms. The number of nitrogens with two attached hydrogens (primary N) is 1. The van der Waals surface area contributed by atoms with Crippen LogP contribution >= 0.6 is 12.2 Å². The number of halogens is 1. The van der Waals surface area contributed by atoms with Crippen molar-refractivity contribution in [2.24, 2.45) is 5.73 Å². The summed E-state index contributed by atoms with van der Waals surface area (Å²) >= 11 is 4.79. The summed E-state index contributed by atoms with van der Waals surface area (Å²) in [6.45, 7) is 4.67. The van der Waals surface area contributed by atoms with Gasteiger partial charge in [0.25, 0.3) is 0 Å². The van der Waals surface area contributed by atoms with E-state index in [9.17, 15) is 12.8 Å². The molecule has 3 N–H and O–H groups in total. The first-order valence-electron chi connectivity index (χ1n) is 5.16. The molecule has 0 amide bonds. The molecule has 0 radical (unpaired) electrons. The van der Waals surface area contributed by atoms with Crippen LogP contribution in [0.15, 0.2) is 23.1 Å². The summed E-state index contributed by atoms with van der Waals surface area (Å²) in [4.78, 5) is -0.105. The van der Waals surface area contributed by atoms with Crippen LogP contribution in [0.25, 0.3) is 0 Å². The van der Waals surface area contributed by atoms with E-state index < -0.39 is 21.4 Å². The van der Waals surface area contributed by atoms with Crippen molar-refractivity contribution in [2.75, 3.05) is 0 Å². The zero-order valence-corrected chi connectivity index (χ0v) is 12.0. The maximum Gasteiger partial charge on any atom is 0.241 e. The van der Waals surface area contributed by atoms with Gasteiger partial charge in [0.15, 0.2) is 0 Å². The Morgan fingerprint density at radius 2 is 2.00 bits per heavy atom. The van der Waals surface area contributed by atoms with Gasteiger partial charge in [-0.15, -0.1) is 0 Å². The molecule has 7 heteroatoms. The molecule has 100 valence electrons. The molecular formula is C11H15FN2O2S2. The van der Waals surface area contributed by atoms with Gasteiger partial charge in [0.1, 0.15) is 5.82 Å². The fourth-order valence-corrected chi connectivity index (χ4v) is 3.07. The van der Waals surface area contributed by atoms with Crippen LogP contribution in [0, 0.1) is 12.7 Å². The molecule has 0 aliphatic rings. The normalized spacial score (nSPS) is 12.4. The highest BCUT2D eigenvalue weighted by atomic mass is 32.2. The van der Waals surface area contributed by atoms with Gasteiger partial charge in [0, 0.05) is 0 Å². The summed E-state index contributed by atoms with van der Waals surface area (Å²) in [5.41, 5.74) is 4.82. The molecule has 1 aromatic carbocycles. The average Bonchev–Trinajstić information content (AvgIpc) is 2.19. The van der Waals surface area contributed by atoms with Gasteiger partial charge in [-0.3, -0.25) is 0 Å². The Balaban J connectivity index is 3.23. The summed E-state index contributed by atoms with van der Waals surface area (Å²) in [5, 5.41) is 0. The number of aryl methyl sites for hydroxylation is 1. The van der Waals surface area contributed by atoms with Gasteiger partial charge in [-0.1, -0.05) is 18.3 Å². The van der Waals surface area contributed by atoms with E-state index in [0.717, 1.165) is 6.07 Å². The first-order chi connectivity index (χ1) is 8.06. The fraction of sp³-hybridized carbons (Fsp3) is 0.364. The zero-order chi connectivity index (χ0) is 14.1. The molecule has 0 aromatic heterocycles. The number of hydrogen-bond acceptors (Lipinski definition) is 3. The highest BCUT2D eigenvalue weighted by Crippen LogP contribution is 2.18. The summed E-state index contributed by atoms with van der Waals surface area (Å²) < 4.78 is 39.7. The highest BCUT2D eigenvalue weighted by molar-refractivity contribution is 7.89. The van der Waals surface area contributed by atoms with Crippen molar-refractivity contribution in [3.63, 3.8) is 0 Å². The van der Waals surface area contributed by atoms with Gasteiger partial charge < -0.3 is 5.73 Å². The largest absolute Gasteiger partial charge is 0.392 e. The van der Waals surface area contributed by atoms with Crippen LogP contribution in [0.5, 0.6) is 0 Å². The SMILES string of the molecule is Cc1ccc(F)cc1S(=O)(=O)NC(C)(C)C(N)=S.